The third-order valence-corrected chi connectivity index (χ3v) is 7.02. The lowest BCUT2D eigenvalue weighted by molar-refractivity contribution is -0.386. The number of carbonyl (C=O) groups excluding carboxylic acids is 1. The summed E-state index contributed by atoms with van der Waals surface area (Å²) in [5.41, 5.74) is 3.53. The summed E-state index contributed by atoms with van der Waals surface area (Å²) < 4.78 is 22.2. The van der Waals surface area contributed by atoms with Gasteiger partial charge in [0.15, 0.2) is 0 Å². The van der Waals surface area contributed by atoms with E-state index in [0.29, 0.717) is 12.1 Å². The zero-order valence-electron chi connectivity index (χ0n) is 17.0. The summed E-state index contributed by atoms with van der Waals surface area (Å²) in [6.45, 7) is 4.30. The Balaban J connectivity index is 1.99. The van der Waals surface area contributed by atoms with Gasteiger partial charge < -0.3 is 4.74 Å². The van der Waals surface area contributed by atoms with E-state index in [0.717, 1.165) is 0 Å². The van der Waals surface area contributed by atoms with Crippen LogP contribution >= 0.6 is 10.7 Å². The van der Waals surface area contributed by atoms with E-state index in [4.69, 9.17) is 4.74 Å². The molecule has 0 fully saturated rings. The molecule has 1 heterocycles. The van der Waals surface area contributed by atoms with Crippen molar-refractivity contribution in [3.8, 4) is 11.1 Å². The second kappa shape index (κ2) is 9.46. The fourth-order valence-corrected chi connectivity index (χ4v) is 5.39. The van der Waals surface area contributed by atoms with Crippen molar-refractivity contribution in [1.29, 1.82) is 0 Å². The van der Waals surface area contributed by atoms with Crippen LogP contribution in [0.4, 0.5) is 14.9 Å². The van der Waals surface area contributed by atoms with E-state index in [2.05, 4.69) is 5.43 Å². The zero-order valence-corrected chi connectivity index (χ0v) is 17.8. The summed E-state index contributed by atoms with van der Waals surface area (Å²) in [7, 11) is 0.799. The average molecular weight is 434 g/mol. The van der Waals surface area contributed by atoms with Crippen LogP contribution in [0.3, 0.4) is 0 Å². The molecule has 0 bridgehead atoms. The summed E-state index contributed by atoms with van der Waals surface area (Å²) in [4.78, 5) is 23.3. The van der Waals surface area contributed by atoms with Crippen molar-refractivity contribution >= 4 is 27.0 Å². The first-order chi connectivity index (χ1) is 14.4. The maximum Gasteiger partial charge on any atom is 0.376 e. The Bertz CT molecular complexity index is 984. The predicted octanol–water partition coefficient (Wildman–Crippen LogP) is 4.71. The number of nitrogens with zero attached hydrogens (tertiary/aromatic N) is 2. The summed E-state index contributed by atoms with van der Waals surface area (Å²) >= 11 is 0. The molecule has 0 radical (unpaired) electrons. The fraction of sp³-hybridized carbons (Fsp3) is 0.333. The number of nitro benzene ring substituents is 1. The molecule has 1 N–H and O–H groups in total. The molecule has 3 rings (SSSR count). The number of benzene rings is 2. The highest BCUT2D eigenvalue weighted by atomic mass is 32.2. The summed E-state index contributed by atoms with van der Waals surface area (Å²) in [5.74, 6) is -1.38. The van der Waals surface area contributed by atoms with Gasteiger partial charge in [0.2, 0.25) is 5.82 Å². The number of halogens is 1. The maximum absolute atomic E-state index is 15.4. The lowest BCUT2D eigenvalue weighted by Crippen LogP contribution is -2.32. The molecule has 1 aliphatic heterocycles. The van der Waals surface area contributed by atoms with Crippen molar-refractivity contribution in [2.75, 3.05) is 20.2 Å². The maximum atomic E-state index is 15.4. The highest BCUT2D eigenvalue weighted by molar-refractivity contribution is 8.25. The van der Waals surface area contributed by atoms with Crippen LogP contribution in [0.15, 0.2) is 42.5 Å². The van der Waals surface area contributed by atoms with Crippen LogP contribution in [0.2, 0.25) is 0 Å². The van der Waals surface area contributed by atoms with Gasteiger partial charge in [0.25, 0.3) is 0 Å². The number of hydrogen-bond donors (Lipinski definition) is 1. The highest BCUT2D eigenvalue weighted by Gasteiger charge is 2.34. The van der Waals surface area contributed by atoms with E-state index >= 15 is 4.39 Å². The first-order valence-electron chi connectivity index (χ1n) is 9.61. The van der Waals surface area contributed by atoms with Crippen LogP contribution < -0.4 is 5.43 Å². The number of hydrazine groups is 1. The summed E-state index contributed by atoms with van der Waals surface area (Å²) in [6.07, 6.45) is 0. The molecular formula is C21H24FN3O4S. The molecule has 30 heavy (non-hydrogen) atoms. The first kappa shape index (κ1) is 22.1. The number of nitrogens with one attached hydrogen (secondary N) is 1. The standard InChI is InChI=1S/C21H24FN3O4S/c1-4-29-21(26)30-13-16(12-24(30)23-3)14(2)17-10-11-18(15-8-6-5-7-9-15)20(19(17)22)25(27)28/h5-11,13-14,16,23H,4,12H2,1-3H3. The Labute approximate surface area is 177 Å². The molecule has 0 aromatic heterocycles. The number of nitro groups is 1. The van der Waals surface area contributed by atoms with Gasteiger partial charge in [-0.05, 0) is 42.5 Å². The van der Waals surface area contributed by atoms with Gasteiger partial charge in [-0.2, -0.15) is 8.80 Å². The van der Waals surface area contributed by atoms with Gasteiger partial charge in [-0.1, -0.05) is 43.3 Å². The normalized spacial score (nSPS) is 19.9. The van der Waals surface area contributed by atoms with Crippen molar-refractivity contribution in [2.45, 2.75) is 19.8 Å². The van der Waals surface area contributed by atoms with E-state index in [1.54, 1.807) is 60.9 Å². The SMILES string of the molecule is CCOC(=O)S1=CC(C(C)c2ccc(-c3ccccc3)c([N+](=O)[O-])c2F)CN1NC. The smallest absolute Gasteiger partial charge is 0.376 e. The number of hydrogen-bond acceptors (Lipinski definition) is 6. The van der Waals surface area contributed by atoms with Crippen LogP contribution in [0.25, 0.3) is 11.1 Å². The molecule has 3 unspecified atom stereocenters. The molecule has 3 atom stereocenters. The van der Waals surface area contributed by atoms with Crippen molar-refractivity contribution in [3.05, 3.63) is 64.0 Å². The average Bonchev–Trinajstić information content (AvgIpc) is 3.18. The van der Waals surface area contributed by atoms with Gasteiger partial charge in [-0.3, -0.25) is 10.1 Å². The third-order valence-electron chi connectivity index (χ3n) is 5.15. The minimum atomic E-state index is -0.909. The van der Waals surface area contributed by atoms with Crippen LogP contribution in [0, 0.1) is 21.8 Å². The van der Waals surface area contributed by atoms with E-state index in [1.165, 1.54) is 0 Å². The lowest BCUT2D eigenvalue weighted by Gasteiger charge is -2.22. The molecule has 0 saturated carbocycles. The molecule has 2 aromatic carbocycles. The molecule has 0 saturated heterocycles. The molecule has 0 aliphatic carbocycles. The van der Waals surface area contributed by atoms with Gasteiger partial charge in [0.1, 0.15) is 0 Å². The number of rotatable bonds is 6. The van der Waals surface area contributed by atoms with Gasteiger partial charge in [0.05, 0.1) is 17.1 Å². The molecular weight excluding hydrogens is 409 g/mol. The van der Waals surface area contributed by atoms with Crippen molar-refractivity contribution in [3.63, 3.8) is 0 Å². The Kier molecular flexibility index (Phi) is 6.96. The minimum Gasteiger partial charge on any atom is -0.457 e. The minimum absolute atomic E-state index is 0.179. The first-order valence-corrected chi connectivity index (χ1v) is 10.9. The number of ether oxygens (including phenoxy) is 1. The van der Waals surface area contributed by atoms with Gasteiger partial charge in [-0.15, -0.1) is 0 Å². The van der Waals surface area contributed by atoms with E-state index in [-0.39, 0.29) is 34.9 Å². The van der Waals surface area contributed by atoms with Gasteiger partial charge in [-0.25, -0.2) is 10.2 Å². The highest BCUT2D eigenvalue weighted by Crippen LogP contribution is 2.40. The fourth-order valence-electron chi connectivity index (χ4n) is 3.53. The van der Waals surface area contributed by atoms with Gasteiger partial charge in [0, 0.05) is 23.1 Å². The quantitative estimate of drug-likeness (QED) is 0.307. The van der Waals surface area contributed by atoms with Crippen LogP contribution in [0.5, 0.6) is 0 Å². The van der Waals surface area contributed by atoms with E-state index in [1.807, 2.05) is 12.3 Å². The Morgan fingerprint density at radius 3 is 2.67 bits per heavy atom. The van der Waals surface area contributed by atoms with Crippen LogP contribution in [0.1, 0.15) is 25.3 Å². The topological polar surface area (TPSA) is 84.7 Å². The predicted molar refractivity (Wildman–Crippen MR) is 117 cm³/mol. The molecule has 160 valence electrons. The summed E-state index contributed by atoms with van der Waals surface area (Å²) in [6, 6.07) is 11.9. The third kappa shape index (κ3) is 4.28. The van der Waals surface area contributed by atoms with Crippen molar-refractivity contribution < 1.29 is 18.8 Å². The molecule has 9 heteroatoms. The summed E-state index contributed by atoms with van der Waals surface area (Å²) in [5, 5.41) is 13.2. The van der Waals surface area contributed by atoms with Crippen LogP contribution in [-0.2, 0) is 4.74 Å². The van der Waals surface area contributed by atoms with Crippen molar-refractivity contribution in [2.24, 2.45) is 5.92 Å². The molecule has 0 amide bonds. The van der Waals surface area contributed by atoms with Gasteiger partial charge >= 0.3 is 11.0 Å². The molecule has 0 spiro atoms. The number of carbonyl (C=O) groups is 1. The molecule has 7 nitrogen and oxygen atoms in total. The van der Waals surface area contributed by atoms with Crippen molar-refractivity contribution in [1.82, 2.24) is 9.84 Å². The zero-order chi connectivity index (χ0) is 21.8. The van der Waals surface area contributed by atoms with E-state index in [9.17, 15) is 14.9 Å². The Hall–Kier alpha value is -2.62. The Morgan fingerprint density at radius 2 is 2.07 bits per heavy atom. The lowest BCUT2D eigenvalue weighted by atomic mass is 9.87. The van der Waals surface area contributed by atoms with E-state index < -0.39 is 27.1 Å². The second-order valence-corrected chi connectivity index (χ2v) is 8.53. The Morgan fingerprint density at radius 1 is 1.37 bits per heavy atom. The molecule has 2 aromatic rings. The second-order valence-electron chi connectivity index (χ2n) is 6.86. The monoisotopic (exact) mass is 433 g/mol. The van der Waals surface area contributed by atoms with Crippen LogP contribution in [-0.4, -0.2) is 40.2 Å². The molecule has 1 aliphatic rings. The largest absolute Gasteiger partial charge is 0.457 e.